The minimum absolute atomic E-state index is 0. The van der Waals surface area contributed by atoms with Crippen LogP contribution >= 0.6 is 24.0 Å². The van der Waals surface area contributed by atoms with E-state index in [4.69, 9.17) is 9.15 Å². The Hall–Kier alpha value is -0.870. The molecule has 8 heteroatoms. The Labute approximate surface area is 193 Å². The lowest BCUT2D eigenvalue weighted by molar-refractivity contribution is 0.0205. The second kappa shape index (κ2) is 12.1. The molecule has 1 atom stereocenters. The van der Waals surface area contributed by atoms with Crippen LogP contribution in [0.1, 0.15) is 51.0 Å². The van der Waals surface area contributed by atoms with Crippen LogP contribution in [0.5, 0.6) is 0 Å². The van der Waals surface area contributed by atoms with Gasteiger partial charge in [0.15, 0.2) is 5.96 Å². The number of hydrogen-bond acceptors (Lipinski definition) is 5. The third-order valence-electron chi connectivity index (χ3n) is 5.63. The van der Waals surface area contributed by atoms with Crippen molar-refractivity contribution in [3.63, 3.8) is 0 Å². The molecule has 0 amide bonds. The van der Waals surface area contributed by atoms with Crippen LogP contribution in [0.3, 0.4) is 0 Å². The van der Waals surface area contributed by atoms with Crippen LogP contribution in [0.15, 0.2) is 9.41 Å². The molecule has 7 nitrogen and oxygen atoms in total. The van der Waals surface area contributed by atoms with Crippen LogP contribution in [-0.2, 0) is 11.3 Å². The maximum absolute atomic E-state index is 5.72. The van der Waals surface area contributed by atoms with Gasteiger partial charge in [0.1, 0.15) is 5.76 Å². The zero-order valence-electron chi connectivity index (χ0n) is 19.2. The van der Waals surface area contributed by atoms with Gasteiger partial charge >= 0.3 is 0 Å². The molecule has 29 heavy (non-hydrogen) atoms. The van der Waals surface area contributed by atoms with Crippen LogP contribution in [0, 0.1) is 25.2 Å². The first kappa shape index (κ1) is 26.2. The summed E-state index contributed by atoms with van der Waals surface area (Å²) in [4.78, 5) is 11.3. The SMILES string of the molecule is CN=C(NCC1CCN(Cc2nc(C)c(C)o2)CC1)NCC(OC)C(C)(C)C.I. The highest BCUT2D eigenvalue weighted by Gasteiger charge is 2.25. The summed E-state index contributed by atoms with van der Waals surface area (Å²) in [5, 5.41) is 6.88. The van der Waals surface area contributed by atoms with E-state index in [1.54, 1.807) is 7.11 Å². The number of rotatable bonds is 7. The third-order valence-corrected chi connectivity index (χ3v) is 5.63. The largest absolute Gasteiger partial charge is 0.444 e. The molecule has 0 saturated carbocycles. The van der Waals surface area contributed by atoms with E-state index >= 15 is 0 Å². The summed E-state index contributed by atoms with van der Waals surface area (Å²) in [5.41, 5.74) is 1.09. The second-order valence-corrected chi connectivity index (χ2v) is 8.89. The van der Waals surface area contributed by atoms with Crippen LogP contribution in [-0.4, -0.2) is 62.3 Å². The monoisotopic (exact) mass is 521 g/mol. The van der Waals surface area contributed by atoms with E-state index in [0.29, 0.717) is 5.92 Å². The first-order chi connectivity index (χ1) is 13.2. The van der Waals surface area contributed by atoms with Crippen LogP contribution in [0.2, 0.25) is 0 Å². The van der Waals surface area contributed by atoms with Gasteiger partial charge in [0.05, 0.1) is 18.3 Å². The second-order valence-electron chi connectivity index (χ2n) is 8.89. The molecule has 1 aromatic rings. The molecule has 1 unspecified atom stereocenters. The molecule has 0 radical (unpaired) electrons. The lowest BCUT2D eigenvalue weighted by atomic mass is 9.89. The number of ether oxygens (including phenoxy) is 1. The number of aryl methyl sites for hydroxylation is 2. The molecule has 0 aromatic carbocycles. The van der Waals surface area contributed by atoms with Gasteiger partial charge in [-0.3, -0.25) is 9.89 Å². The molecule has 1 aliphatic heterocycles. The van der Waals surface area contributed by atoms with Crippen molar-refractivity contribution in [1.29, 1.82) is 0 Å². The first-order valence-electron chi connectivity index (χ1n) is 10.4. The summed E-state index contributed by atoms with van der Waals surface area (Å²) in [6, 6.07) is 0. The fourth-order valence-electron chi connectivity index (χ4n) is 3.54. The van der Waals surface area contributed by atoms with Crippen molar-refractivity contribution in [3.05, 3.63) is 17.3 Å². The van der Waals surface area contributed by atoms with Crippen molar-refractivity contribution in [2.24, 2.45) is 16.3 Å². The molecule has 0 spiro atoms. The number of nitrogens with zero attached hydrogens (tertiary/aromatic N) is 3. The Kier molecular flexibility index (Phi) is 10.9. The van der Waals surface area contributed by atoms with Gasteiger partial charge in [0.25, 0.3) is 0 Å². The molecule has 0 aliphatic carbocycles. The van der Waals surface area contributed by atoms with Crippen molar-refractivity contribution >= 4 is 29.9 Å². The molecule has 1 aromatic heterocycles. The summed E-state index contributed by atoms with van der Waals surface area (Å²) in [5.74, 6) is 3.26. The predicted octanol–water partition coefficient (Wildman–Crippen LogP) is 3.35. The van der Waals surface area contributed by atoms with Crippen LogP contribution in [0.4, 0.5) is 0 Å². The standard InChI is InChI=1S/C21H39N5O2.HI/c1-15-16(2)28-19(25-15)14-26-10-8-17(9-11-26)12-23-20(22-6)24-13-18(27-7)21(3,4)5;/h17-18H,8-14H2,1-7H3,(H2,22,23,24);1H. The molecule has 168 valence electrons. The van der Waals surface area contributed by atoms with Gasteiger partial charge in [0, 0.05) is 27.2 Å². The minimum atomic E-state index is 0. The molecule has 1 aliphatic rings. The molecule has 2 rings (SSSR count). The quantitative estimate of drug-likeness (QED) is 0.326. The highest BCUT2D eigenvalue weighted by atomic mass is 127. The number of likely N-dealkylation sites (tertiary alicyclic amines) is 1. The highest BCUT2D eigenvalue weighted by Crippen LogP contribution is 2.21. The van der Waals surface area contributed by atoms with Gasteiger partial charge in [-0.25, -0.2) is 4.98 Å². The molecule has 1 saturated heterocycles. The van der Waals surface area contributed by atoms with Crippen LogP contribution in [0.25, 0.3) is 0 Å². The van der Waals surface area contributed by atoms with E-state index in [1.165, 1.54) is 12.8 Å². The Morgan fingerprint density at radius 2 is 1.93 bits per heavy atom. The Morgan fingerprint density at radius 3 is 2.41 bits per heavy atom. The number of oxazole rings is 1. The first-order valence-corrected chi connectivity index (χ1v) is 10.4. The Bertz CT molecular complexity index is 614. The predicted molar refractivity (Wildman–Crippen MR) is 129 cm³/mol. The van der Waals surface area contributed by atoms with Crippen molar-refractivity contribution in [2.75, 3.05) is 40.3 Å². The van der Waals surface area contributed by atoms with Gasteiger partial charge in [0.2, 0.25) is 5.89 Å². The Balaban J connectivity index is 0.00000420. The van der Waals surface area contributed by atoms with Gasteiger partial charge in [-0.2, -0.15) is 0 Å². The fourth-order valence-corrected chi connectivity index (χ4v) is 3.54. The zero-order chi connectivity index (χ0) is 20.7. The summed E-state index contributed by atoms with van der Waals surface area (Å²) in [6.45, 7) is 15.2. The Morgan fingerprint density at radius 1 is 1.28 bits per heavy atom. The van der Waals surface area contributed by atoms with E-state index in [9.17, 15) is 0 Å². The van der Waals surface area contributed by atoms with Gasteiger partial charge in [-0.1, -0.05) is 20.8 Å². The number of aromatic nitrogens is 1. The smallest absolute Gasteiger partial charge is 0.208 e. The van der Waals surface area contributed by atoms with Crippen LogP contribution < -0.4 is 10.6 Å². The van der Waals surface area contributed by atoms with Gasteiger partial charge in [-0.05, 0) is 51.1 Å². The van der Waals surface area contributed by atoms with E-state index in [1.807, 2.05) is 20.9 Å². The number of aliphatic imine (C=N–C) groups is 1. The molecular formula is C21H40IN5O2. The van der Waals surface area contributed by atoms with E-state index in [-0.39, 0.29) is 35.5 Å². The number of halogens is 1. The lowest BCUT2D eigenvalue weighted by Gasteiger charge is -2.32. The normalized spacial score (nSPS) is 17.7. The van der Waals surface area contributed by atoms with E-state index < -0.39 is 0 Å². The van der Waals surface area contributed by atoms with Crippen molar-refractivity contribution < 1.29 is 9.15 Å². The average Bonchev–Trinajstić information content (AvgIpc) is 2.95. The number of hydrogen-bond donors (Lipinski definition) is 2. The molecular weight excluding hydrogens is 481 g/mol. The van der Waals surface area contributed by atoms with Crippen molar-refractivity contribution in [3.8, 4) is 0 Å². The highest BCUT2D eigenvalue weighted by molar-refractivity contribution is 14.0. The number of nitrogens with one attached hydrogen (secondary N) is 2. The average molecular weight is 521 g/mol. The summed E-state index contributed by atoms with van der Waals surface area (Å²) in [7, 11) is 3.58. The maximum Gasteiger partial charge on any atom is 0.208 e. The summed E-state index contributed by atoms with van der Waals surface area (Å²) in [6.07, 6.45) is 2.48. The maximum atomic E-state index is 5.72. The number of guanidine groups is 1. The lowest BCUT2D eigenvalue weighted by Crippen LogP contribution is -2.47. The molecule has 2 heterocycles. The van der Waals surface area contributed by atoms with Crippen molar-refractivity contribution in [1.82, 2.24) is 20.5 Å². The van der Waals surface area contributed by atoms with Gasteiger partial charge < -0.3 is 19.8 Å². The number of piperidine rings is 1. The number of methoxy groups -OCH3 is 1. The summed E-state index contributed by atoms with van der Waals surface area (Å²) < 4.78 is 11.3. The zero-order valence-corrected chi connectivity index (χ0v) is 21.5. The van der Waals surface area contributed by atoms with Gasteiger partial charge in [-0.15, -0.1) is 24.0 Å². The molecule has 0 bridgehead atoms. The fraction of sp³-hybridized carbons (Fsp3) is 0.810. The minimum Gasteiger partial charge on any atom is -0.444 e. The molecule has 1 fully saturated rings. The third kappa shape index (κ3) is 8.41. The van der Waals surface area contributed by atoms with E-state index in [2.05, 4.69) is 46.3 Å². The topological polar surface area (TPSA) is 74.9 Å². The van der Waals surface area contributed by atoms with Crippen molar-refractivity contribution in [2.45, 2.75) is 60.1 Å². The summed E-state index contributed by atoms with van der Waals surface area (Å²) >= 11 is 0. The van der Waals surface area contributed by atoms with E-state index in [0.717, 1.165) is 56.0 Å². The molecule has 2 N–H and O–H groups in total.